The highest BCUT2D eigenvalue weighted by atomic mass is 16.7. The van der Waals surface area contributed by atoms with Crippen molar-refractivity contribution < 1.29 is 23.9 Å². The number of carbonyl (C=O) groups is 1. The van der Waals surface area contributed by atoms with E-state index in [1.165, 1.54) is 19.6 Å². The van der Waals surface area contributed by atoms with E-state index in [1.54, 1.807) is 6.07 Å². The van der Waals surface area contributed by atoms with Crippen molar-refractivity contribution >= 4 is 11.7 Å². The zero-order valence-corrected chi connectivity index (χ0v) is 15.4. The molecule has 2 fully saturated rings. The van der Waals surface area contributed by atoms with Gasteiger partial charge in [0.25, 0.3) is 5.69 Å². The van der Waals surface area contributed by atoms with Crippen molar-refractivity contribution in [2.24, 2.45) is 5.92 Å². The van der Waals surface area contributed by atoms with Crippen molar-refractivity contribution in [2.45, 2.75) is 57.3 Å². The fraction of sp³-hybridized carbons (Fsp3) is 0.632. The molecule has 8 nitrogen and oxygen atoms in total. The summed E-state index contributed by atoms with van der Waals surface area (Å²) in [6.07, 6.45) is 5.28. The SMILES string of the molecule is COC(=O)[C@@H]1C[C@@H]2CCCC[C@@H]2N1Cc1cc([N+](=O)[O-])cc2c1OCOC2. The molecule has 1 saturated heterocycles. The maximum atomic E-state index is 12.4. The maximum absolute atomic E-state index is 12.4. The Labute approximate surface area is 157 Å². The van der Waals surface area contributed by atoms with Crippen LogP contribution in [0, 0.1) is 16.0 Å². The third-order valence-electron chi connectivity index (χ3n) is 6.03. The first-order valence-corrected chi connectivity index (χ1v) is 9.42. The number of nitro groups is 1. The Hall–Kier alpha value is -2.19. The molecule has 2 heterocycles. The van der Waals surface area contributed by atoms with Crippen LogP contribution in [0.2, 0.25) is 0 Å². The lowest BCUT2D eigenvalue weighted by Crippen LogP contribution is -2.42. The fourth-order valence-corrected chi connectivity index (χ4v) is 4.85. The minimum atomic E-state index is -0.399. The smallest absolute Gasteiger partial charge is 0.323 e. The van der Waals surface area contributed by atoms with Gasteiger partial charge in [-0.3, -0.25) is 19.8 Å². The molecule has 1 saturated carbocycles. The Morgan fingerprint density at radius 3 is 2.96 bits per heavy atom. The number of nitrogens with zero attached hydrogens (tertiary/aromatic N) is 2. The zero-order valence-electron chi connectivity index (χ0n) is 15.4. The molecule has 3 aliphatic rings. The summed E-state index contributed by atoms with van der Waals surface area (Å²) in [5, 5.41) is 11.4. The lowest BCUT2D eigenvalue weighted by atomic mass is 9.84. The molecule has 1 aromatic carbocycles. The molecule has 1 aromatic rings. The van der Waals surface area contributed by atoms with E-state index in [9.17, 15) is 14.9 Å². The molecule has 0 bridgehead atoms. The van der Waals surface area contributed by atoms with Gasteiger partial charge in [-0.25, -0.2) is 0 Å². The van der Waals surface area contributed by atoms with E-state index in [0.29, 0.717) is 29.8 Å². The van der Waals surface area contributed by atoms with Crippen LogP contribution < -0.4 is 4.74 Å². The number of nitro benzene ring substituents is 1. The number of hydrogen-bond acceptors (Lipinski definition) is 7. The van der Waals surface area contributed by atoms with E-state index in [-0.39, 0.29) is 31.1 Å². The number of methoxy groups -OCH3 is 1. The quantitative estimate of drug-likeness (QED) is 0.453. The monoisotopic (exact) mass is 376 g/mol. The first-order chi connectivity index (χ1) is 13.1. The molecule has 1 aliphatic carbocycles. The van der Waals surface area contributed by atoms with Crippen LogP contribution in [0.4, 0.5) is 5.69 Å². The van der Waals surface area contributed by atoms with Gasteiger partial charge in [-0.2, -0.15) is 0 Å². The summed E-state index contributed by atoms with van der Waals surface area (Å²) in [5.74, 6) is 0.893. The molecule has 0 aromatic heterocycles. The van der Waals surface area contributed by atoms with Crippen LogP contribution in [0.15, 0.2) is 12.1 Å². The van der Waals surface area contributed by atoms with Gasteiger partial charge in [-0.15, -0.1) is 0 Å². The van der Waals surface area contributed by atoms with E-state index >= 15 is 0 Å². The number of esters is 1. The second-order valence-corrected chi connectivity index (χ2v) is 7.52. The number of non-ortho nitro benzene ring substituents is 1. The van der Waals surface area contributed by atoms with Crippen molar-refractivity contribution in [1.29, 1.82) is 0 Å². The molecule has 4 rings (SSSR count). The van der Waals surface area contributed by atoms with Crippen molar-refractivity contribution in [3.05, 3.63) is 33.4 Å². The number of hydrogen-bond donors (Lipinski definition) is 0. The summed E-state index contributed by atoms with van der Waals surface area (Å²) in [4.78, 5) is 25.5. The molecule has 0 N–H and O–H groups in total. The third-order valence-corrected chi connectivity index (χ3v) is 6.03. The lowest BCUT2D eigenvalue weighted by molar-refractivity contribution is -0.385. The number of likely N-dealkylation sites (tertiary alicyclic amines) is 1. The van der Waals surface area contributed by atoms with Gasteiger partial charge in [0.05, 0.1) is 18.6 Å². The van der Waals surface area contributed by atoms with Crippen LogP contribution in [0.5, 0.6) is 5.75 Å². The summed E-state index contributed by atoms with van der Waals surface area (Å²) >= 11 is 0. The van der Waals surface area contributed by atoms with Gasteiger partial charge >= 0.3 is 5.97 Å². The van der Waals surface area contributed by atoms with Crippen molar-refractivity contribution in [3.63, 3.8) is 0 Å². The Bertz CT molecular complexity index is 752. The lowest BCUT2D eigenvalue weighted by Gasteiger charge is -2.34. The van der Waals surface area contributed by atoms with Gasteiger partial charge in [0.1, 0.15) is 11.8 Å². The van der Waals surface area contributed by atoms with E-state index in [4.69, 9.17) is 14.2 Å². The number of benzene rings is 1. The Kier molecular flexibility index (Phi) is 5.01. The topological polar surface area (TPSA) is 91.1 Å². The Morgan fingerprint density at radius 1 is 1.37 bits per heavy atom. The molecule has 0 unspecified atom stereocenters. The molecule has 0 spiro atoms. The summed E-state index contributed by atoms with van der Waals surface area (Å²) < 4.78 is 16.0. The van der Waals surface area contributed by atoms with Gasteiger partial charge in [0.15, 0.2) is 6.79 Å². The molecular weight excluding hydrogens is 352 g/mol. The number of ether oxygens (including phenoxy) is 3. The Balaban J connectivity index is 1.69. The summed E-state index contributed by atoms with van der Waals surface area (Å²) in [6, 6.07) is 3.06. The molecule has 146 valence electrons. The second-order valence-electron chi connectivity index (χ2n) is 7.52. The zero-order chi connectivity index (χ0) is 19.0. The average molecular weight is 376 g/mol. The largest absolute Gasteiger partial charge is 0.468 e. The van der Waals surface area contributed by atoms with Gasteiger partial charge in [-0.1, -0.05) is 12.8 Å². The predicted octanol–water partition coefficient (Wildman–Crippen LogP) is 2.77. The third kappa shape index (κ3) is 3.39. The summed E-state index contributed by atoms with van der Waals surface area (Å²) in [5.41, 5.74) is 1.44. The molecule has 0 amide bonds. The number of carbonyl (C=O) groups excluding carboxylic acids is 1. The molecule has 3 atom stereocenters. The number of fused-ring (bicyclic) bond motifs is 2. The van der Waals surface area contributed by atoms with Crippen LogP contribution in [0.25, 0.3) is 0 Å². The van der Waals surface area contributed by atoms with E-state index in [2.05, 4.69) is 4.90 Å². The highest BCUT2D eigenvalue weighted by molar-refractivity contribution is 5.76. The molecular formula is C19H24N2O6. The minimum Gasteiger partial charge on any atom is -0.468 e. The maximum Gasteiger partial charge on any atom is 0.323 e. The highest BCUT2D eigenvalue weighted by Crippen LogP contribution is 2.42. The van der Waals surface area contributed by atoms with E-state index in [1.807, 2.05) is 0 Å². The normalized spacial score (nSPS) is 27.4. The second kappa shape index (κ2) is 7.44. The first-order valence-electron chi connectivity index (χ1n) is 9.42. The van der Waals surface area contributed by atoms with Gasteiger partial charge in [-0.05, 0) is 25.2 Å². The van der Waals surface area contributed by atoms with Crippen LogP contribution >= 0.6 is 0 Å². The number of rotatable bonds is 4. The molecule has 0 radical (unpaired) electrons. The minimum absolute atomic E-state index is 0.0202. The van der Waals surface area contributed by atoms with Gasteiger partial charge < -0.3 is 14.2 Å². The molecule has 8 heteroatoms. The van der Waals surface area contributed by atoms with Crippen molar-refractivity contribution in [3.8, 4) is 5.75 Å². The summed E-state index contributed by atoms with van der Waals surface area (Å²) in [7, 11) is 1.41. The Morgan fingerprint density at radius 2 is 2.19 bits per heavy atom. The predicted molar refractivity (Wildman–Crippen MR) is 95.1 cm³/mol. The highest BCUT2D eigenvalue weighted by Gasteiger charge is 2.46. The van der Waals surface area contributed by atoms with Gasteiger partial charge in [0, 0.05) is 35.8 Å². The van der Waals surface area contributed by atoms with Crippen molar-refractivity contribution in [1.82, 2.24) is 4.90 Å². The van der Waals surface area contributed by atoms with Crippen molar-refractivity contribution in [2.75, 3.05) is 13.9 Å². The van der Waals surface area contributed by atoms with Gasteiger partial charge in [0.2, 0.25) is 0 Å². The molecule has 2 aliphatic heterocycles. The fourth-order valence-electron chi connectivity index (χ4n) is 4.85. The van der Waals surface area contributed by atoms with Crippen LogP contribution in [0.3, 0.4) is 0 Å². The molecule has 27 heavy (non-hydrogen) atoms. The van der Waals surface area contributed by atoms with E-state index < -0.39 is 4.92 Å². The van der Waals surface area contributed by atoms with E-state index in [0.717, 1.165) is 31.2 Å². The average Bonchev–Trinajstić information content (AvgIpc) is 3.05. The van der Waals surface area contributed by atoms with Crippen LogP contribution in [0.1, 0.15) is 43.2 Å². The summed E-state index contributed by atoms with van der Waals surface area (Å²) in [6.45, 7) is 0.853. The first kappa shape index (κ1) is 18.2. The standard InChI is InChI=1S/C19H24N2O6/c1-25-19(22)17-8-12-4-2-3-5-16(12)20(17)9-13-6-15(21(23)24)7-14-10-26-11-27-18(13)14/h6-7,12,16-17H,2-5,8-11H2,1H3/t12-,16-,17-/m0/s1. The van der Waals surface area contributed by atoms with Crippen LogP contribution in [-0.2, 0) is 27.4 Å². The van der Waals surface area contributed by atoms with Crippen LogP contribution in [-0.4, -0.2) is 41.8 Å².